The first-order chi connectivity index (χ1) is 9.68. The molecule has 1 aliphatic rings. The van der Waals surface area contributed by atoms with Crippen LogP contribution in [0.5, 0.6) is 0 Å². The SMILES string of the molecule is Cc1c(C)c(C)c(C(O)C2CCCCS2(=O)=O)c(C)c1C. The van der Waals surface area contributed by atoms with Crippen LogP contribution in [0.25, 0.3) is 0 Å². The molecule has 21 heavy (non-hydrogen) atoms. The summed E-state index contributed by atoms with van der Waals surface area (Å²) >= 11 is 0. The molecule has 0 aromatic heterocycles. The summed E-state index contributed by atoms with van der Waals surface area (Å²) in [5.41, 5.74) is 6.42. The second-order valence-corrected chi connectivity index (χ2v) is 8.72. The van der Waals surface area contributed by atoms with E-state index in [9.17, 15) is 13.5 Å². The van der Waals surface area contributed by atoms with Gasteiger partial charge in [-0.25, -0.2) is 8.42 Å². The molecular formula is C17H26O3S. The van der Waals surface area contributed by atoms with E-state index in [1.54, 1.807) is 0 Å². The summed E-state index contributed by atoms with van der Waals surface area (Å²) in [5, 5.41) is 10.2. The first-order valence-corrected chi connectivity index (χ1v) is 9.36. The van der Waals surface area contributed by atoms with Crippen molar-refractivity contribution in [3.05, 3.63) is 33.4 Å². The van der Waals surface area contributed by atoms with Gasteiger partial charge in [0.15, 0.2) is 9.84 Å². The average Bonchev–Trinajstić information content (AvgIpc) is 2.42. The van der Waals surface area contributed by atoms with Gasteiger partial charge in [0.2, 0.25) is 0 Å². The van der Waals surface area contributed by atoms with E-state index in [0.717, 1.165) is 40.7 Å². The molecule has 1 saturated heterocycles. The molecule has 0 saturated carbocycles. The molecule has 1 aliphatic heterocycles. The highest BCUT2D eigenvalue weighted by molar-refractivity contribution is 7.92. The number of sulfone groups is 1. The second-order valence-electron chi connectivity index (χ2n) is 6.38. The van der Waals surface area contributed by atoms with Gasteiger partial charge in [0.05, 0.1) is 17.1 Å². The fraction of sp³-hybridized carbons (Fsp3) is 0.647. The van der Waals surface area contributed by atoms with Crippen LogP contribution in [0.2, 0.25) is 0 Å². The molecular weight excluding hydrogens is 284 g/mol. The molecule has 1 fully saturated rings. The Kier molecular flexibility index (Phi) is 4.50. The topological polar surface area (TPSA) is 54.4 Å². The quantitative estimate of drug-likeness (QED) is 0.912. The third-order valence-corrected chi connectivity index (χ3v) is 7.61. The Bertz CT molecular complexity index is 630. The molecule has 118 valence electrons. The van der Waals surface area contributed by atoms with Crippen LogP contribution < -0.4 is 0 Å². The van der Waals surface area contributed by atoms with Crippen molar-refractivity contribution in [2.75, 3.05) is 5.75 Å². The maximum absolute atomic E-state index is 12.3. The van der Waals surface area contributed by atoms with Crippen molar-refractivity contribution in [2.24, 2.45) is 0 Å². The Labute approximate surface area is 128 Å². The lowest BCUT2D eigenvalue weighted by atomic mass is 9.85. The van der Waals surface area contributed by atoms with Crippen molar-refractivity contribution >= 4 is 9.84 Å². The highest BCUT2D eigenvalue weighted by atomic mass is 32.2. The number of aliphatic hydroxyl groups excluding tert-OH is 1. The van der Waals surface area contributed by atoms with E-state index < -0.39 is 21.2 Å². The molecule has 0 spiro atoms. The molecule has 0 bridgehead atoms. The number of hydrogen-bond acceptors (Lipinski definition) is 3. The standard InChI is InChI=1S/C17H26O3S/c1-10-11(2)13(4)16(14(5)12(10)3)17(18)15-8-6-7-9-21(15,19)20/h15,17-18H,6-9H2,1-5H3. The van der Waals surface area contributed by atoms with Crippen molar-refractivity contribution in [1.82, 2.24) is 0 Å². The Balaban J connectivity index is 2.56. The van der Waals surface area contributed by atoms with Gasteiger partial charge in [0.25, 0.3) is 0 Å². The van der Waals surface area contributed by atoms with Gasteiger partial charge in [-0.3, -0.25) is 0 Å². The predicted octanol–water partition coefficient (Wildman–Crippen LogP) is 3.23. The van der Waals surface area contributed by atoms with E-state index in [2.05, 4.69) is 6.92 Å². The predicted molar refractivity (Wildman–Crippen MR) is 86.5 cm³/mol. The molecule has 1 heterocycles. The van der Waals surface area contributed by atoms with Crippen LogP contribution in [0.4, 0.5) is 0 Å². The molecule has 2 unspecified atom stereocenters. The summed E-state index contributed by atoms with van der Waals surface area (Å²) < 4.78 is 24.6. The zero-order valence-electron chi connectivity index (χ0n) is 13.7. The highest BCUT2D eigenvalue weighted by Gasteiger charge is 2.37. The lowest BCUT2D eigenvalue weighted by Crippen LogP contribution is -2.34. The van der Waals surface area contributed by atoms with Gasteiger partial charge in [-0.05, 0) is 80.8 Å². The molecule has 1 aromatic carbocycles. The van der Waals surface area contributed by atoms with Crippen molar-refractivity contribution < 1.29 is 13.5 Å². The number of aliphatic hydroxyl groups is 1. The van der Waals surface area contributed by atoms with Gasteiger partial charge in [0.1, 0.15) is 0 Å². The van der Waals surface area contributed by atoms with Crippen LogP contribution in [-0.4, -0.2) is 24.5 Å². The summed E-state index contributed by atoms with van der Waals surface area (Å²) in [5.74, 6) is 0.205. The summed E-state index contributed by atoms with van der Waals surface area (Å²) in [6.45, 7) is 10.1. The number of benzene rings is 1. The van der Waals surface area contributed by atoms with Crippen LogP contribution in [0, 0.1) is 34.6 Å². The molecule has 2 rings (SSSR count). The maximum atomic E-state index is 12.3. The van der Waals surface area contributed by atoms with E-state index in [4.69, 9.17) is 0 Å². The smallest absolute Gasteiger partial charge is 0.156 e. The normalized spacial score (nSPS) is 23.0. The van der Waals surface area contributed by atoms with Crippen LogP contribution in [0.1, 0.15) is 58.7 Å². The summed E-state index contributed by atoms with van der Waals surface area (Å²) in [7, 11) is -3.19. The van der Waals surface area contributed by atoms with Crippen molar-refractivity contribution in [3.8, 4) is 0 Å². The molecule has 0 radical (unpaired) electrons. The summed E-state index contributed by atoms with van der Waals surface area (Å²) in [6, 6.07) is 0. The monoisotopic (exact) mass is 310 g/mol. The van der Waals surface area contributed by atoms with Crippen LogP contribution >= 0.6 is 0 Å². The third-order valence-electron chi connectivity index (χ3n) is 5.33. The molecule has 3 nitrogen and oxygen atoms in total. The second kappa shape index (κ2) is 5.73. The maximum Gasteiger partial charge on any atom is 0.156 e. The first kappa shape index (κ1) is 16.5. The van der Waals surface area contributed by atoms with Crippen molar-refractivity contribution in [3.63, 3.8) is 0 Å². The van der Waals surface area contributed by atoms with E-state index in [0.29, 0.717) is 6.42 Å². The van der Waals surface area contributed by atoms with Gasteiger partial charge in [0, 0.05) is 0 Å². The van der Waals surface area contributed by atoms with Gasteiger partial charge >= 0.3 is 0 Å². The molecule has 1 aromatic rings. The summed E-state index contributed by atoms with van der Waals surface area (Å²) in [6.07, 6.45) is 1.25. The Morgan fingerprint density at radius 3 is 1.86 bits per heavy atom. The molecule has 0 aliphatic carbocycles. The zero-order chi connectivity index (χ0) is 15.9. The van der Waals surface area contributed by atoms with E-state index in [1.165, 1.54) is 5.56 Å². The Morgan fingerprint density at radius 2 is 1.38 bits per heavy atom. The minimum atomic E-state index is -3.19. The first-order valence-electron chi connectivity index (χ1n) is 7.65. The van der Waals surface area contributed by atoms with Crippen LogP contribution in [0.15, 0.2) is 0 Å². The van der Waals surface area contributed by atoms with E-state index in [-0.39, 0.29) is 5.75 Å². The van der Waals surface area contributed by atoms with Gasteiger partial charge < -0.3 is 5.11 Å². The van der Waals surface area contributed by atoms with Gasteiger partial charge in [-0.15, -0.1) is 0 Å². The number of rotatable bonds is 2. The average molecular weight is 310 g/mol. The van der Waals surface area contributed by atoms with Crippen molar-refractivity contribution in [2.45, 2.75) is 65.2 Å². The fourth-order valence-electron chi connectivity index (χ4n) is 3.49. The molecule has 2 atom stereocenters. The van der Waals surface area contributed by atoms with Gasteiger partial charge in [-0.2, -0.15) is 0 Å². The number of hydrogen-bond donors (Lipinski definition) is 1. The van der Waals surface area contributed by atoms with E-state index >= 15 is 0 Å². The largest absolute Gasteiger partial charge is 0.387 e. The van der Waals surface area contributed by atoms with Gasteiger partial charge in [-0.1, -0.05) is 6.42 Å². The Hall–Kier alpha value is -0.870. The zero-order valence-corrected chi connectivity index (χ0v) is 14.5. The minimum Gasteiger partial charge on any atom is -0.387 e. The van der Waals surface area contributed by atoms with Crippen LogP contribution in [-0.2, 0) is 9.84 Å². The highest BCUT2D eigenvalue weighted by Crippen LogP contribution is 2.36. The minimum absolute atomic E-state index is 0.205. The lowest BCUT2D eigenvalue weighted by molar-refractivity contribution is 0.163. The third kappa shape index (κ3) is 2.76. The molecule has 0 amide bonds. The molecule has 4 heteroatoms. The van der Waals surface area contributed by atoms with E-state index in [1.807, 2.05) is 27.7 Å². The van der Waals surface area contributed by atoms with Crippen LogP contribution in [0.3, 0.4) is 0 Å². The molecule has 1 N–H and O–H groups in total. The lowest BCUT2D eigenvalue weighted by Gasteiger charge is -2.30. The fourth-order valence-corrected chi connectivity index (χ4v) is 5.46. The summed E-state index contributed by atoms with van der Waals surface area (Å²) in [4.78, 5) is 0. The Morgan fingerprint density at radius 1 is 0.905 bits per heavy atom. The van der Waals surface area contributed by atoms with Crippen molar-refractivity contribution in [1.29, 1.82) is 0 Å².